The van der Waals surface area contributed by atoms with Gasteiger partial charge in [-0.3, -0.25) is 15.2 Å². The van der Waals surface area contributed by atoms with Crippen LogP contribution in [0.1, 0.15) is 16.0 Å². The van der Waals surface area contributed by atoms with Crippen LogP contribution in [0.4, 0.5) is 5.69 Å². The number of aromatic nitrogens is 1. The molecule has 0 bridgehead atoms. The number of aromatic hydroxyl groups is 1. The van der Waals surface area contributed by atoms with E-state index in [2.05, 4.69) is 10.4 Å². The van der Waals surface area contributed by atoms with Crippen molar-refractivity contribution in [2.75, 3.05) is 5.43 Å². The van der Waals surface area contributed by atoms with Crippen molar-refractivity contribution in [3.05, 3.63) is 74.6 Å². The van der Waals surface area contributed by atoms with Crippen LogP contribution in [0.2, 0.25) is 0 Å². The number of fused-ring (bicyclic) bond motifs is 1. The first-order chi connectivity index (χ1) is 13.1. The van der Waals surface area contributed by atoms with Crippen molar-refractivity contribution < 1.29 is 9.90 Å². The van der Waals surface area contributed by atoms with Gasteiger partial charge < -0.3 is 5.11 Å². The Hall–Kier alpha value is -3.03. The predicted octanol–water partition coefficient (Wildman–Crippen LogP) is 4.55. The van der Waals surface area contributed by atoms with Gasteiger partial charge >= 0.3 is 0 Å². The van der Waals surface area contributed by atoms with Crippen LogP contribution in [0.15, 0.2) is 59.6 Å². The third kappa shape index (κ3) is 3.60. The highest BCUT2D eigenvalue weighted by molar-refractivity contribution is 7.73. The van der Waals surface area contributed by atoms with E-state index in [4.69, 9.17) is 12.2 Å². The second kappa shape index (κ2) is 7.30. The maximum atomic E-state index is 12.3. The SMILES string of the molecule is O=C(Cc1ccccc1)Nn1c(O)c(/C=C2/C=Nc3ccccc32)sc1=S. The highest BCUT2D eigenvalue weighted by atomic mass is 32.1. The number of hydrogen-bond donors (Lipinski definition) is 2. The summed E-state index contributed by atoms with van der Waals surface area (Å²) in [5.74, 6) is -0.339. The molecule has 0 saturated heterocycles. The zero-order valence-electron chi connectivity index (χ0n) is 14.1. The van der Waals surface area contributed by atoms with Gasteiger partial charge in [-0.05, 0) is 29.9 Å². The largest absolute Gasteiger partial charge is 0.492 e. The van der Waals surface area contributed by atoms with E-state index >= 15 is 0 Å². The van der Waals surface area contributed by atoms with E-state index in [1.54, 1.807) is 6.21 Å². The molecule has 0 saturated carbocycles. The molecule has 7 heteroatoms. The third-order valence-electron chi connectivity index (χ3n) is 4.10. The fourth-order valence-electron chi connectivity index (χ4n) is 2.82. The summed E-state index contributed by atoms with van der Waals surface area (Å²) >= 11 is 6.53. The van der Waals surface area contributed by atoms with Gasteiger partial charge in [-0.2, -0.15) is 4.68 Å². The lowest BCUT2D eigenvalue weighted by Gasteiger charge is -2.07. The van der Waals surface area contributed by atoms with Crippen LogP contribution in [0.3, 0.4) is 0 Å². The van der Waals surface area contributed by atoms with Crippen molar-refractivity contribution in [2.24, 2.45) is 4.99 Å². The number of hydrogen-bond acceptors (Lipinski definition) is 5. The number of benzene rings is 2. The lowest BCUT2D eigenvalue weighted by Crippen LogP contribution is -2.24. The van der Waals surface area contributed by atoms with Crippen molar-refractivity contribution in [2.45, 2.75) is 6.42 Å². The predicted molar refractivity (Wildman–Crippen MR) is 112 cm³/mol. The Labute approximate surface area is 164 Å². The first-order valence-corrected chi connectivity index (χ1v) is 9.48. The van der Waals surface area contributed by atoms with Crippen LogP contribution in [0, 0.1) is 3.95 Å². The molecule has 2 aromatic carbocycles. The highest BCUT2D eigenvalue weighted by Crippen LogP contribution is 2.35. The number of nitrogens with zero attached hydrogens (tertiary/aromatic N) is 2. The molecule has 1 aliphatic rings. The van der Waals surface area contributed by atoms with Crippen LogP contribution in [-0.2, 0) is 11.2 Å². The summed E-state index contributed by atoms with van der Waals surface area (Å²) in [6, 6.07) is 17.2. The average molecular weight is 393 g/mol. The molecule has 1 aromatic heterocycles. The molecule has 1 amide bonds. The molecule has 0 atom stereocenters. The van der Waals surface area contributed by atoms with Gasteiger partial charge in [-0.25, -0.2) is 0 Å². The minimum absolute atomic E-state index is 0.0864. The maximum Gasteiger partial charge on any atom is 0.243 e. The van der Waals surface area contributed by atoms with Gasteiger partial charge in [0.05, 0.1) is 17.0 Å². The fraction of sp³-hybridized carbons (Fsp3) is 0.0500. The average Bonchev–Trinajstić information content (AvgIpc) is 3.19. The molecule has 27 heavy (non-hydrogen) atoms. The molecule has 2 N–H and O–H groups in total. The van der Waals surface area contributed by atoms with Gasteiger partial charge in [0.1, 0.15) is 0 Å². The second-order valence-electron chi connectivity index (χ2n) is 5.96. The maximum absolute atomic E-state index is 12.3. The minimum atomic E-state index is -0.252. The van der Waals surface area contributed by atoms with Gasteiger partial charge in [-0.1, -0.05) is 59.9 Å². The quantitative estimate of drug-likeness (QED) is 0.639. The van der Waals surface area contributed by atoms with Crippen LogP contribution >= 0.6 is 23.6 Å². The third-order valence-corrected chi connectivity index (χ3v) is 5.41. The molecule has 1 aliphatic heterocycles. The van der Waals surface area contributed by atoms with Gasteiger partial charge in [0.15, 0.2) is 3.95 Å². The van der Waals surface area contributed by atoms with E-state index in [0.717, 1.165) is 22.4 Å². The number of nitrogens with one attached hydrogen (secondary N) is 1. The molecule has 134 valence electrons. The second-order valence-corrected chi connectivity index (χ2v) is 7.64. The summed E-state index contributed by atoms with van der Waals surface area (Å²) in [4.78, 5) is 17.2. The van der Waals surface area contributed by atoms with Crippen LogP contribution in [0.5, 0.6) is 5.88 Å². The molecule has 0 unspecified atom stereocenters. The van der Waals surface area contributed by atoms with E-state index in [9.17, 15) is 9.90 Å². The molecule has 0 aliphatic carbocycles. The molecule has 0 spiro atoms. The number of carbonyl (C=O) groups is 1. The van der Waals surface area contributed by atoms with Gasteiger partial charge in [0.2, 0.25) is 11.8 Å². The molecule has 5 nitrogen and oxygen atoms in total. The number of thiazole rings is 1. The summed E-state index contributed by atoms with van der Waals surface area (Å²) in [5.41, 5.74) is 6.33. The Morgan fingerprint density at radius 3 is 2.74 bits per heavy atom. The highest BCUT2D eigenvalue weighted by Gasteiger charge is 2.16. The summed E-state index contributed by atoms with van der Waals surface area (Å²) in [7, 11) is 0. The summed E-state index contributed by atoms with van der Waals surface area (Å²) in [6.45, 7) is 0. The number of amides is 1. The number of allylic oxidation sites excluding steroid dienone is 1. The van der Waals surface area contributed by atoms with E-state index in [-0.39, 0.29) is 18.2 Å². The number of carbonyl (C=O) groups excluding carboxylic acids is 1. The van der Waals surface area contributed by atoms with Crippen LogP contribution in [-0.4, -0.2) is 21.9 Å². The molecule has 2 heterocycles. The normalized spacial score (nSPS) is 13.7. The topological polar surface area (TPSA) is 66.6 Å². The summed E-state index contributed by atoms with van der Waals surface area (Å²) in [6.07, 6.45) is 3.78. The van der Waals surface area contributed by atoms with Crippen molar-refractivity contribution >= 4 is 53.0 Å². The molecule has 3 aromatic rings. The van der Waals surface area contributed by atoms with Crippen LogP contribution < -0.4 is 5.43 Å². The van der Waals surface area contributed by atoms with E-state index in [1.165, 1.54) is 16.0 Å². The van der Waals surface area contributed by atoms with E-state index < -0.39 is 0 Å². The standard InChI is InChI=1S/C20H15N3O2S2/c24-18(10-13-6-2-1-3-7-13)22-23-19(25)17(27-20(23)26)11-14-12-21-16-9-5-4-8-15(14)16/h1-9,11-12,25H,10H2,(H,22,24)/b14-11-. The van der Waals surface area contributed by atoms with Crippen molar-refractivity contribution in [3.63, 3.8) is 0 Å². The van der Waals surface area contributed by atoms with Crippen molar-refractivity contribution in [1.29, 1.82) is 0 Å². The Kier molecular flexibility index (Phi) is 4.70. The molecular formula is C20H15N3O2S2. The Balaban J connectivity index is 1.58. The zero-order chi connectivity index (χ0) is 18.8. The molecule has 0 fully saturated rings. The summed E-state index contributed by atoms with van der Waals surface area (Å²) in [5, 5.41) is 10.5. The summed E-state index contributed by atoms with van der Waals surface area (Å²) < 4.78 is 1.61. The fourth-order valence-corrected chi connectivity index (χ4v) is 4.00. The van der Waals surface area contributed by atoms with Gasteiger partial charge in [0, 0.05) is 17.4 Å². The Morgan fingerprint density at radius 1 is 1.19 bits per heavy atom. The lowest BCUT2D eigenvalue weighted by atomic mass is 10.1. The number of rotatable bonds is 4. The molecular weight excluding hydrogens is 378 g/mol. The van der Waals surface area contributed by atoms with Crippen molar-refractivity contribution in [3.8, 4) is 5.88 Å². The van der Waals surface area contributed by atoms with Crippen molar-refractivity contribution in [1.82, 2.24) is 4.68 Å². The van der Waals surface area contributed by atoms with Gasteiger partial charge in [0.25, 0.3) is 0 Å². The number of aliphatic imine (C=N–C) groups is 1. The first kappa shape index (κ1) is 17.4. The number of para-hydroxylation sites is 1. The monoisotopic (exact) mass is 393 g/mol. The minimum Gasteiger partial charge on any atom is -0.492 e. The van der Waals surface area contributed by atoms with Crippen LogP contribution in [0.25, 0.3) is 11.6 Å². The molecule has 0 radical (unpaired) electrons. The molecule has 4 rings (SSSR count). The first-order valence-electron chi connectivity index (χ1n) is 8.25. The lowest BCUT2D eigenvalue weighted by molar-refractivity contribution is -0.116. The Morgan fingerprint density at radius 2 is 1.93 bits per heavy atom. The van der Waals surface area contributed by atoms with E-state index in [0.29, 0.717) is 8.83 Å². The Bertz CT molecular complexity index is 1130. The van der Waals surface area contributed by atoms with E-state index in [1.807, 2.05) is 60.7 Å². The van der Waals surface area contributed by atoms with Gasteiger partial charge in [-0.15, -0.1) is 0 Å². The smallest absolute Gasteiger partial charge is 0.243 e. The zero-order valence-corrected chi connectivity index (χ0v) is 15.8.